The van der Waals surface area contributed by atoms with Gasteiger partial charge >= 0.3 is 0 Å². The molecule has 0 amide bonds. The molecule has 0 atom stereocenters. The standard InChI is InChI=1S/C22H22ClFN2O2/c23-17-5-8-19-21(14-17)28-25-22(19)16-9-12-26(13-10-16)11-1-2-20(27)15-3-6-18(24)7-4-15/h3-8,14,16H,1-2,9-13H2. The molecule has 28 heavy (non-hydrogen) atoms. The molecular weight excluding hydrogens is 379 g/mol. The van der Waals surface area contributed by atoms with Crippen molar-refractivity contribution in [3.05, 3.63) is 64.6 Å². The minimum atomic E-state index is -0.317. The van der Waals surface area contributed by atoms with Crippen LogP contribution in [0.4, 0.5) is 4.39 Å². The molecule has 1 fully saturated rings. The van der Waals surface area contributed by atoms with Gasteiger partial charge in [0, 0.05) is 34.4 Å². The summed E-state index contributed by atoms with van der Waals surface area (Å²) in [6.45, 7) is 2.86. The Morgan fingerprint density at radius 1 is 1.18 bits per heavy atom. The van der Waals surface area contributed by atoms with Gasteiger partial charge in [0.2, 0.25) is 0 Å². The Hall–Kier alpha value is -2.24. The summed E-state index contributed by atoms with van der Waals surface area (Å²) in [6.07, 6.45) is 3.35. The molecule has 4 rings (SSSR count). The van der Waals surface area contributed by atoms with E-state index in [0.717, 1.165) is 55.6 Å². The predicted molar refractivity (Wildman–Crippen MR) is 107 cm³/mol. The second-order valence-electron chi connectivity index (χ2n) is 7.36. The van der Waals surface area contributed by atoms with Gasteiger partial charge in [-0.05, 0) is 75.3 Å². The van der Waals surface area contributed by atoms with Crippen LogP contribution in [0.1, 0.15) is 47.7 Å². The molecule has 0 aliphatic carbocycles. The summed E-state index contributed by atoms with van der Waals surface area (Å²) in [6, 6.07) is 11.4. The average molecular weight is 401 g/mol. The van der Waals surface area contributed by atoms with E-state index in [0.29, 0.717) is 22.9 Å². The van der Waals surface area contributed by atoms with Crippen LogP contribution in [0.2, 0.25) is 5.02 Å². The number of fused-ring (bicyclic) bond motifs is 1. The molecule has 0 bridgehead atoms. The number of aromatic nitrogens is 1. The molecule has 3 aromatic rings. The van der Waals surface area contributed by atoms with Crippen molar-refractivity contribution in [2.45, 2.75) is 31.6 Å². The number of likely N-dealkylation sites (tertiary alicyclic amines) is 1. The van der Waals surface area contributed by atoms with Crippen LogP contribution < -0.4 is 0 Å². The van der Waals surface area contributed by atoms with E-state index in [9.17, 15) is 9.18 Å². The quantitative estimate of drug-likeness (QED) is 0.515. The summed E-state index contributed by atoms with van der Waals surface area (Å²) in [5.74, 6) is 0.143. The number of Topliss-reactive ketones (excluding diaryl/α,β-unsaturated/α-hetero) is 1. The van der Waals surface area contributed by atoms with E-state index in [4.69, 9.17) is 16.1 Å². The summed E-state index contributed by atoms with van der Waals surface area (Å²) in [5, 5.41) is 5.99. The van der Waals surface area contributed by atoms with Gasteiger partial charge in [0.15, 0.2) is 11.4 Å². The number of benzene rings is 2. The highest BCUT2D eigenvalue weighted by Crippen LogP contribution is 2.33. The highest BCUT2D eigenvalue weighted by molar-refractivity contribution is 6.31. The Kier molecular flexibility index (Phi) is 5.74. The third-order valence-electron chi connectivity index (χ3n) is 5.48. The topological polar surface area (TPSA) is 46.3 Å². The Bertz CT molecular complexity index is 962. The first kappa shape index (κ1) is 19.1. The van der Waals surface area contributed by atoms with Crippen molar-refractivity contribution in [3.63, 3.8) is 0 Å². The highest BCUT2D eigenvalue weighted by Gasteiger charge is 2.25. The van der Waals surface area contributed by atoms with Crippen LogP contribution in [0.5, 0.6) is 0 Å². The number of nitrogens with zero attached hydrogens (tertiary/aromatic N) is 2. The van der Waals surface area contributed by atoms with E-state index < -0.39 is 0 Å². The van der Waals surface area contributed by atoms with Crippen molar-refractivity contribution in [2.24, 2.45) is 0 Å². The molecule has 0 saturated carbocycles. The molecule has 1 aromatic heterocycles. The molecule has 146 valence electrons. The Labute approximate surface area is 168 Å². The Balaban J connectivity index is 1.26. The highest BCUT2D eigenvalue weighted by atomic mass is 35.5. The minimum absolute atomic E-state index is 0.0719. The van der Waals surface area contributed by atoms with Crippen molar-refractivity contribution < 1.29 is 13.7 Å². The predicted octanol–water partition coefficient (Wildman–Crippen LogP) is 5.46. The fraction of sp³-hybridized carbons (Fsp3) is 0.364. The first-order valence-electron chi connectivity index (χ1n) is 9.66. The van der Waals surface area contributed by atoms with Gasteiger partial charge in [-0.1, -0.05) is 16.8 Å². The molecule has 4 nitrogen and oxygen atoms in total. The van der Waals surface area contributed by atoms with Gasteiger partial charge in [-0.25, -0.2) is 4.39 Å². The average Bonchev–Trinajstić information content (AvgIpc) is 3.12. The van der Waals surface area contributed by atoms with Crippen molar-refractivity contribution in [2.75, 3.05) is 19.6 Å². The fourth-order valence-electron chi connectivity index (χ4n) is 3.90. The lowest BCUT2D eigenvalue weighted by atomic mass is 9.91. The SMILES string of the molecule is O=C(CCCN1CCC(c2noc3cc(Cl)ccc23)CC1)c1ccc(F)cc1. The van der Waals surface area contributed by atoms with Crippen LogP contribution in [0.25, 0.3) is 11.0 Å². The molecule has 2 aromatic carbocycles. The number of hydrogen-bond donors (Lipinski definition) is 0. The molecule has 1 aliphatic heterocycles. The summed E-state index contributed by atoms with van der Waals surface area (Å²) >= 11 is 6.01. The molecule has 0 spiro atoms. The number of carbonyl (C=O) groups excluding carboxylic acids is 1. The molecule has 2 heterocycles. The smallest absolute Gasteiger partial charge is 0.168 e. The number of piperidine rings is 1. The van der Waals surface area contributed by atoms with Crippen LogP contribution in [0, 0.1) is 5.82 Å². The summed E-state index contributed by atoms with van der Waals surface area (Å²) in [5.41, 5.74) is 2.35. The van der Waals surface area contributed by atoms with Gasteiger partial charge in [-0.3, -0.25) is 4.79 Å². The maximum atomic E-state index is 12.9. The largest absolute Gasteiger partial charge is 0.356 e. The first-order chi connectivity index (χ1) is 13.6. The zero-order chi connectivity index (χ0) is 19.5. The van der Waals surface area contributed by atoms with Crippen molar-refractivity contribution in [3.8, 4) is 0 Å². The number of ketones is 1. The lowest BCUT2D eigenvalue weighted by Gasteiger charge is -2.31. The van der Waals surface area contributed by atoms with Gasteiger partial charge in [0.1, 0.15) is 5.82 Å². The van der Waals surface area contributed by atoms with Gasteiger partial charge in [0.25, 0.3) is 0 Å². The lowest BCUT2D eigenvalue weighted by Crippen LogP contribution is -2.34. The molecule has 0 radical (unpaired) electrons. The van der Waals surface area contributed by atoms with E-state index in [-0.39, 0.29) is 11.6 Å². The van der Waals surface area contributed by atoms with Crippen molar-refractivity contribution in [1.82, 2.24) is 10.1 Å². The molecule has 1 saturated heterocycles. The minimum Gasteiger partial charge on any atom is -0.356 e. The monoisotopic (exact) mass is 400 g/mol. The first-order valence-corrected chi connectivity index (χ1v) is 10.0. The van der Waals surface area contributed by atoms with Crippen LogP contribution in [-0.2, 0) is 0 Å². The lowest BCUT2D eigenvalue weighted by molar-refractivity contribution is 0.0972. The second-order valence-corrected chi connectivity index (χ2v) is 7.79. The second kappa shape index (κ2) is 8.41. The molecule has 6 heteroatoms. The normalized spacial score (nSPS) is 15.9. The van der Waals surface area contributed by atoms with E-state index >= 15 is 0 Å². The van der Waals surface area contributed by atoms with Crippen molar-refractivity contribution >= 4 is 28.4 Å². The molecule has 1 aliphatic rings. The fourth-order valence-corrected chi connectivity index (χ4v) is 4.06. The van der Waals surface area contributed by atoms with Gasteiger partial charge < -0.3 is 9.42 Å². The van der Waals surface area contributed by atoms with Crippen LogP contribution in [0.3, 0.4) is 0 Å². The van der Waals surface area contributed by atoms with E-state index in [1.165, 1.54) is 12.1 Å². The van der Waals surface area contributed by atoms with Crippen LogP contribution in [0.15, 0.2) is 47.0 Å². The van der Waals surface area contributed by atoms with E-state index in [1.54, 1.807) is 18.2 Å². The van der Waals surface area contributed by atoms with E-state index in [1.807, 2.05) is 12.1 Å². The van der Waals surface area contributed by atoms with E-state index in [2.05, 4.69) is 10.1 Å². The summed E-state index contributed by atoms with van der Waals surface area (Å²) in [4.78, 5) is 14.6. The number of carbonyl (C=O) groups is 1. The van der Waals surface area contributed by atoms with Gasteiger partial charge in [-0.2, -0.15) is 0 Å². The van der Waals surface area contributed by atoms with Crippen LogP contribution in [-0.4, -0.2) is 35.5 Å². The van der Waals surface area contributed by atoms with Crippen molar-refractivity contribution in [1.29, 1.82) is 0 Å². The number of hydrogen-bond acceptors (Lipinski definition) is 4. The zero-order valence-corrected chi connectivity index (χ0v) is 16.3. The molecular formula is C22H22ClFN2O2. The van der Waals surface area contributed by atoms with Gasteiger partial charge in [-0.15, -0.1) is 0 Å². The Morgan fingerprint density at radius 3 is 2.68 bits per heavy atom. The summed E-state index contributed by atoms with van der Waals surface area (Å²) in [7, 11) is 0. The number of halogens is 2. The Morgan fingerprint density at radius 2 is 1.93 bits per heavy atom. The third kappa shape index (κ3) is 4.26. The molecule has 0 N–H and O–H groups in total. The number of rotatable bonds is 6. The zero-order valence-electron chi connectivity index (χ0n) is 15.5. The molecule has 0 unspecified atom stereocenters. The summed E-state index contributed by atoms with van der Waals surface area (Å²) < 4.78 is 18.4. The van der Waals surface area contributed by atoms with Crippen LogP contribution >= 0.6 is 11.6 Å². The van der Waals surface area contributed by atoms with Gasteiger partial charge in [0.05, 0.1) is 5.69 Å². The third-order valence-corrected chi connectivity index (χ3v) is 5.72. The maximum absolute atomic E-state index is 12.9. The maximum Gasteiger partial charge on any atom is 0.168 e.